The summed E-state index contributed by atoms with van der Waals surface area (Å²) in [6.45, 7) is 0. The van der Waals surface area contributed by atoms with Crippen LogP contribution in [0.5, 0.6) is 0 Å². The van der Waals surface area contributed by atoms with E-state index in [9.17, 15) is 0 Å². The lowest BCUT2D eigenvalue weighted by Gasteiger charge is -2.04. The first-order valence-corrected chi connectivity index (χ1v) is 5.92. The topological polar surface area (TPSA) is 66.2 Å². The molecule has 3 rings (SSSR count). The molecule has 2 aromatic carbocycles. The molecular formula is C14H11BN2O2. The zero-order valence-electron chi connectivity index (χ0n) is 10.1. The molecule has 0 unspecified atom stereocenters. The maximum atomic E-state index is 9.05. The maximum Gasteiger partial charge on any atom is 0.488 e. The van der Waals surface area contributed by atoms with Gasteiger partial charge in [-0.25, -0.2) is 4.98 Å². The van der Waals surface area contributed by atoms with Gasteiger partial charge in [0, 0.05) is 5.56 Å². The van der Waals surface area contributed by atoms with Crippen LogP contribution in [0.25, 0.3) is 22.3 Å². The molecule has 92 valence electrons. The van der Waals surface area contributed by atoms with Crippen molar-refractivity contribution in [2.45, 2.75) is 0 Å². The third-order valence-electron chi connectivity index (χ3n) is 2.95. The smallest absolute Gasteiger partial charge is 0.423 e. The summed E-state index contributed by atoms with van der Waals surface area (Å²) >= 11 is 0. The average molecular weight is 250 g/mol. The van der Waals surface area contributed by atoms with Gasteiger partial charge in [0.2, 0.25) is 0 Å². The minimum absolute atomic E-state index is 0.456. The number of hydrogen-bond donors (Lipinski definition) is 2. The number of benzene rings is 2. The van der Waals surface area contributed by atoms with Gasteiger partial charge < -0.3 is 10.0 Å². The number of nitrogens with zero attached hydrogens (tertiary/aromatic N) is 2. The molecule has 0 aliphatic carbocycles. The first-order valence-electron chi connectivity index (χ1n) is 5.92. The van der Waals surface area contributed by atoms with Gasteiger partial charge in [-0.05, 0) is 17.6 Å². The van der Waals surface area contributed by atoms with Crippen molar-refractivity contribution < 1.29 is 10.0 Å². The van der Waals surface area contributed by atoms with Crippen LogP contribution in [-0.4, -0.2) is 27.1 Å². The number of para-hydroxylation sites is 2. The van der Waals surface area contributed by atoms with Gasteiger partial charge in [0.1, 0.15) is 0 Å². The van der Waals surface area contributed by atoms with E-state index in [1.807, 2.05) is 24.3 Å². The van der Waals surface area contributed by atoms with E-state index in [-0.39, 0.29) is 0 Å². The summed E-state index contributed by atoms with van der Waals surface area (Å²) in [5.41, 5.74) is 3.80. The highest BCUT2D eigenvalue weighted by Gasteiger charge is 2.10. The van der Waals surface area contributed by atoms with Crippen molar-refractivity contribution in [2.75, 3.05) is 0 Å². The molecule has 5 heteroatoms. The lowest BCUT2D eigenvalue weighted by atomic mass is 9.80. The summed E-state index contributed by atoms with van der Waals surface area (Å²) in [4.78, 5) is 8.89. The molecule has 1 aromatic heterocycles. The van der Waals surface area contributed by atoms with Crippen LogP contribution in [0.4, 0.5) is 0 Å². The predicted molar refractivity (Wildman–Crippen MR) is 74.8 cm³/mol. The van der Waals surface area contributed by atoms with Gasteiger partial charge in [-0.2, -0.15) is 0 Å². The fourth-order valence-corrected chi connectivity index (χ4v) is 1.92. The van der Waals surface area contributed by atoms with Gasteiger partial charge in [-0.1, -0.05) is 36.4 Å². The largest absolute Gasteiger partial charge is 0.488 e. The van der Waals surface area contributed by atoms with Gasteiger partial charge in [-0.3, -0.25) is 4.98 Å². The Morgan fingerprint density at radius 1 is 0.842 bits per heavy atom. The lowest BCUT2D eigenvalue weighted by molar-refractivity contribution is 0.426. The van der Waals surface area contributed by atoms with Crippen LogP contribution >= 0.6 is 0 Å². The second-order valence-corrected chi connectivity index (χ2v) is 4.24. The lowest BCUT2D eigenvalue weighted by Crippen LogP contribution is -2.29. The highest BCUT2D eigenvalue weighted by Crippen LogP contribution is 2.18. The van der Waals surface area contributed by atoms with Crippen LogP contribution < -0.4 is 5.46 Å². The first kappa shape index (κ1) is 11.8. The number of fused-ring (bicyclic) bond motifs is 1. The van der Waals surface area contributed by atoms with Crippen LogP contribution in [0.2, 0.25) is 0 Å². The minimum Gasteiger partial charge on any atom is -0.423 e. The zero-order chi connectivity index (χ0) is 13.2. The van der Waals surface area contributed by atoms with E-state index in [0.29, 0.717) is 5.46 Å². The Balaban J connectivity index is 2.03. The van der Waals surface area contributed by atoms with Gasteiger partial charge in [0.25, 0.3) is 0 Å². The summed E-state index contributed by atoms with van der Waals surface area (Å²) in [7, 11) is -1.45. The van der Waals surface area contributed by atoms with Gasteiger partial charge in [0.15, 0.2) is 0 Å². The molecule has 0 saturated heterocycles. The maximum absolute atomic E-state index is 9.05. The third kappa shape index (κ3) is 2.34. The van der Waals surface area contributed by atoms with Crippen molar-refractivity contribution in [1.29, 1.82) is 0 Å². The molecule has 19 heavy (non-hydrogen) atoms. The highest BCUT2D eigenvalue weighted by atomic mass is 16.4. The summed E-state index contributed by atoms with van der Waals surface area (Å²) in [5, 5.41) is 18.1. The molecule has 0 aliphatic rings. The van der Waals surface area contributed by atoms with E-state index in [4.69, 9.17) is 10.0 Å². The molecule has 0 amide bonds. The summed E-state index contributed by atoms with van der Waals surface area (Å²) < 4.78 is 0. The molecule has 0 fully saturated rings. The van der Waals surface area contributed by atoms with E-state index < -0.39 is 7.12 Å². The first-order chi connectivity index (χ1) is 9.24. The monoisotopic (exact) mass is 250 g/mol. The Morgan fingerprint density at radius 2 is 1.53 bits per heavy atom. The summed E-state index contributed by atoms with van der Waals surface area (Å²) in [6.07, 6.45) is 1.71. The Morgan fingerprint density at radius 3 is 2.21 bits per heavy atom. The Bertz CT molecular complexity index is 714. The van der Waals surface area contributed by atoms with Crippen molar-refractivity contribution >= 4 is 23.6 Å². The van der Waals surface area contributed by atoms with Gasteiger partial charge in [-0.15, -0.1) is 0 Å². The predicted octanol–water partition coefficient (Wildman–Crippen LogP) is 0.977. The summed E-state index contributed by atoms with van der Waals surface area (Å²) in [5.74, 6) is 0. The fraction of sp³-hybridized carbons (Fsp3) is 0. The van der Waals surface area contributed by atoms with E-state index in [1.165, 1.54) is 0 Å². The van der Waals surface area contributed by atoms with Crippen LogP contribution in [0, 0.1) is 0 Å². The fourth-order valence-electron chi connectivity index (χ4n) is 1.92. The molecule has 0 bridgehead atoms. The van der Waals surface area contributed by atoms with Crippen molar-refractivity contribution in [1.82, 2.24) is 9.97 Å². The van der Waals surface area contributed by atoms with Gasteiger partial charge >= 0.3 is 7.12 Å². The molecule has 1 heterocycles. The Kier molecular flexibility index (Phi) is 2.99. The number of rotatable bonds is 2. The SMILES string of the molecule is OB(O)c1ccc(-c2cnc3ccccc3n2)cc1. The molecule has 0 radical (unpaired) electrons. The molecule has 2 N–H and O–H groups in total. The van der Waals surface area contributed by atoms with Crippen molar-refractivity contribution in [2.24, 2.45) is 0 Å². The molecule has 0 aliphatic heterocycles. The van der Waals surface area contributed by atoms with Crippen LogP contribution in [-0.2, 0) is 0 Å². The standard InChI is InChI=1S/C14H11BN2O2/c18-15(19)11-7-5-10(6-8-11)14-9-16-12-3-1-2-4-13(12)17-14/h1-9,18-19H. The quantitative estimate of drug-likeness (QED) is 0.665. The molecule has 3 aromatic rings. The third-order valence-corrected chi connectivity index (χ3v) is 2.95. The van der Waals surface area contributed by atoms with Crippen molar-refractivity contribution in [3.63, 3.8) is 0 Å². The van der Waals surface area contributed by atoms with E-state index in [1.54, 1.807) is 30.5 Å². The second kappa shape index (κ2) is 4.80. The highest BCUT2D eigenvalue weighted by molar-refractivity contribution is 6.58. The van der Waals surface area contributed by atoms with Crippen LogP contribution in [0.3, 0.4) is 0 Å². The Labute approximate surface area is 110 Å². The minimum atomic E-state index is -1.45. The molecule has 0 saturated carbocycles. The van der Waals surface area contributed by atoms with E-state index in [0.717, 1.165) is 22.3 Å². The number of aromatic nitrogens is 2. The van der Waals surface area contributed by atoms with Crippen molar-refractivity contribution in [3.05, 3.63) is 54.7 Å². The Hall–Kier alpha value is -2.24. The van der Waals surface area contributed by atoms with Crippen molar-refractivity contribution in [3.8, 4) is 11.3 Å². The summed E-state index contributed by atoms with van der Waals surface area (Å²) in [6, 6.07) is 14.6. The molecular weight excluding hydrogens is 239 g/mol. The van der Waals surface area contributed by atoms with E-state index in [2.05, 4.69) is 9.97 Å². The number of hydrogen-bond acceptors (Lipinski definition) is 4. The normalized spacial score (nSPS) is 10.6. The zero-order valence-corrected chi connectivity index (χ0v) is 10.1. The molecule has 0 atom stereocenters. The van der Waals surface area contributed by atoms with Crippen LogP contribution in [0.1, 0.15) is 0 Å². The second-order valence-electron chi connectivity index (χ2n) is 4.24. The van der Waals surface area contributed by atoms with E-state index >= 15 is 0 Å². The molecule has 0 spiro atoms. The van der Waals surface area contributed by atoms with Crippen LogP contribution in [0.15, 0.2) is 54.7 Å². The van der Waals surface area contributed by atoms with Gasteiger partial charge in [0.05, 0.1) is 22.9 Å². The average Bonchev–Trinajstić information content (AvgIpc) is 2.47. The molecule has 4 nitrogen and oxygen atoms in total.